The highest BCUT2D eigenvalue weighted by atomic mass is 35.5. The molecule has 2 N–H and O–H groups in total. The molecule has 0 bridgehead atoms. The van der Waals surface area contributed by atoms with E-state index in [0.717, 1.165) is 13.0 Å². The van der Waals surface area contributed by atoms with E-state index < -0.39 is 0 Å². The van der Waals surface area contributed by atoms with Crippen LogP contribution in [0.5, 0.6) is 0 Å². The van der Waals surface area contributed by atoms with Crippen LogP contribution in [0.4, 0.5) is 5.13 Å². The topological polar surface area (TPSA) is 51.4 Å². The maximum atomic E-state index is 5.70. The second-order valence-electron chi connectivity index (χ2n) is 5.50. The minimum atomic E-state index is 0. The van der Waals surface area contributed by atoms with Gasteiger partial charge in [-0.15, -0.1) is 23.7 Å². The summed E-state index contributed by atoms with van der Waals surface area (Å²) in [6.07, 6.45) is 5.76. The molecule has 0 aliphatic heterocycles. The largest absolute Gasteiger partial charge is 0.381 e. The number of aromatic nitrogens is 1. The van der Waals surface area contributed by atoms with E-state index in [1.807, 2.05) is 13.3 Å². The van der Waals surface area contributed by atoms with Crippen molar-refractivity contribution in [3.8, 4) is 0 Å². The molecule has 4 nitrogen and oxygen atoms in total. The van der Waals surface area contributed by atoms with Crippen LogP contribution in [-0.2, 0) is 11.3 Å². The number of nitrogens with zero attached hydrogens (tertiary/aromatic N) is 2. The fourth-order valence-electron chi connectivity index (χ4n) is 3.60. The average molecular weight is 320 g/mol. The van der Waals surface area contributed by atoms with Crippen LogP contribution < -0.4 is 5.73 Å². The number of nitrogen functional groups attached to an aromatic ring is 1. The lowest BCUT2D eigenvalue weighted by Crippen LogP contribution is -2.63. The van der Waals surface area contributed by atoms with Gasteiger partial charge in [-0.1, -0.05) is 13.8 Å². The fraction of sp³-hybridized carbons (Fsp3) is 0.786. The number of hydrogen-bond donors (Lipinski definition) is 1. The van der Waals surface area contributed by atoms with Gasteiger partial charge in [-0.3, -0.25) is 4.90 Å². The molecule has 0 saturated heterocycles. The number of ether oxygens (including phenoxy) is 1. The van der Waals surface area contributed by atoms with Gasteiger partial charge in [-0.25, -0.2) is 4.98 Å². The molecule has 1 heterocycles. The van der Waals surface area contributed by atoms with Crippen LogP contribution >= 0.6 is 23.7 Å². The second kappa shape index (κ2) is 7.07. The Labute approximate surface area is 132 Å². The van der Waals surface area contributed by atoms with Crippen molar-refractivity contribution in [2.75, 3.05) is 19.9 Å². The number of rotatable bonds is 6. The Kier molecular flexibility index (Phi) is 6.25. The predicted octanol–water partition coefficient (Wildman–Crippen LogP) is 3.17. The first-order valence-electron chi connectivity index (χ1n) is 7.00. The Morgan fingerprint density at radius 3 is 2.60 bits per heavy atom. The normalized spacial score (nSPS) is 24.2. The van der Waals surface area contributed by atoms with Crippen molar-refractivity contribution in [3.63, 3.8) is 0 Å². The summed E-state index contributed by atoms with van der Waals surface area (Å²) in [7, 11) is 4.04. The van der Waals surface area contributed by atoms with Gasteiger partial charge in [0.05, 0.1) is 6.10 Å². The summed E-state index contributed by atoms with van der Waals surface area (Å²) in [6, 6.07) is 0.593. The lowest BCUT2D eigenvalue weighted by Gasteiger charge is -2.58. The Hall–Kier alpha value is -0.360. The van der Waals surface area contributed by atoms with Gasteiger partial charge in [-0.2, -0.15) is 0 Å². The molecule has 1 aliphatic rings. The monoisotopic (exact) mass is 319 g/mol. The zero-order valence-corrected chi connectivity index (χ0v) is 14.4. The minimum absolute atomic E-state index is 0. The third-order valence-corrected chi connectivity index (χ3v) is 5.66. The summed E-state index contributed by atoms with van der Waals surface area (Å²) in [6.45, 7) is 5.48. The summed E-state index contributed by atoms with van der Waals surface area (Å²) in [4.78, 5) is 7.80. The highest BCUT2D eigenvalue weighted by molar-refractivity contribution is 7.15. The lowest BCUT2D eigenvalue weighted by atomic mass is 9.58. The van der Waals surface area contributed by atoms with Crippen LogP contribution in [-0.4, -0.2) is 36.2 Å². The number of hydrogen-bond acceptors (Lipinski definition) is 5. The quantitative estimate of drug-likeness (QED) is 0.875. The first kappa shape index (κ1) is 17.7. The molecule has 1 aromatic heterocycles. The predicted molar refractivity (Wildman–Crippen MR) is 87.5 cm³/mol. The van der Waals surface area contributed by atoms with Crippen molar-refractivity contribution >= 4 is 28.9 Å². The number of halogens is 1. The summed E-state index contributed by atoms with van der Waals surface area (Å²) >= 11 is 1.58. The smallest absolute Gasteiger partial charge is 0.180 e. The van der Waals surface area contributed by atoms with E-state index in [9.17, 15) is 0 Å². The Morgan fingerprint density at radius 1 is 1.50 bits per heavy atom. The van der Waals surface area contributed by atoms with Crippen molar-refractivity contribution in [1.29, 1.82) is 0 Å². The zero-order chi connectivity index (χ0) is 14.0. The van der Waals surface area contributed by atoms with E-state index in [0.29, 0.717) is 22.7 Å². The SMILES string of the molecule is CCC1(CC)C(OC)CC1N(C)Cc1cnc(N)s1.Cl. The molecular formula is C14H26ClN3OS. The molecule has 1 aromatic rings. The molecule has 1 saturated carbocycles. The van der Waals surface area contributed by atoms with E-state index in [4.69, 9.17) is 10.5 Å². The highest BCUT2D eigenvalue weighted by Gasteiger charge is 2.54. The van der Waals surface area contributed by atoms with Crippen LogP contribution in [0.3, 0.4) is 0 Å². The Morgan fingerprint density at radius 2 is 2.15 bits per heavy atom. The van der Waals surface area contributed by atoms with Gasteiger partial charge in [-0.05, 0) is 26.3 Å². The van der Waals surface area contributed by atoms with Gasteiger partial charge in [0.2, 0.25) is 0 Å². The summed E-state index contributed by atoms with van der Waals surface area (Å²) in [5.41, 5.74) is 6.00. The molecule has 2 unspecified atom stereocenters. The van der Waals surface area contributed by atoms with Gasteiger partial charge in [0.25, 0.3) is 0 Å². The first-order chi connectivity index (χ1) is 9.07. The molecule has 2 atom stereocenters. The number of methoxy groups -OCH3 is 1. The van der Waals surface area contributed by atoms with Gasteiger partial charge < -0.3 is 10.5 Å². The third-order valence-electron chi connectivity index (χ3n) is 4.85. The van der Waals surface area contributed by atoms with Crippen molar-refractivity contribution < 1.29 is 4.74 Å². The molecule has 1 fully saturated rings. The van der Waals surface area contributed by atoms with Crippen LogP contribution in [0.15, 0.2) is 6.20 Å². The van der Waals surface area contributed by atoms with E-state index in [-0.39, 0.29) is 12.4 Å². The molecule has 0 amide bonds. The first-order valence-corrected chi connectivity index (χ1v) is 7.82. The summed E-state index contributed by atoms with van der Waals surface area (Å²) in [5.74, 6) is 0. The molecule has 116 valence electrons. The van der Waals surface area contributed by atoms with Gasteiger partial charge >= 0.3 is 0 Å². The lowest BCUT2D eigenvalue weighted by molar-refractivity contribution is -0.157. The standard InChI is InChI=1S/C14H25N3OS.ClH/c1-5-14(6-2)11(7-12(14)18-4)17(3)9-10-8-16-13(15)19-10;/h8,11-12H,5-7,9H2,1-4H3,(H2,15,16);1H. The molecule has 0 spiro atoms. The van der Waals surface area contributed by atoms with E-state index in [1.54, 1.807) is 11.3 Å². The number of anilines is 1. The van der Waals surface area contributed by atoms with Crippen LogP contribution in [0.25, 0.3) is 0 Å². The van der Waals surface area contributed by atoms with Gasteiger partial charge in [0.1, 0.15) is 0 Å². The minimum Gasteiger partial charge on any atom is -0.381 e. The average Bonchev–Trinajstić information content (AvgIpc) is 2.76. The van der Waals surface area contributed by atoms with Crippen molar-refractivity contribution in [2.45, 2.75) is 51.8 Å². The summed E-state index contributed by atoms with van der Waals surface area (Å²) in [5, 5.41) is 0.657. The van der Waals surface area contributed by atoms with Gasteiger partial charge in [0, 0.05) is 36.2 Å². The van der Waals surface area contributed by atoms with Crippen molar-refractivity contribution in [1.82, 2.24) is 9.88 Å². The zero-order valence-electron chi connectivity index (χ0n) is 12.8. The number of thiazole rings is 1. The van der Waals surface area contributed by atoms with Crippen LogP contribution in [0.2, 0.25) is 0 Å². The van der Waals surface area contributed by atoms with Crippen LogP contribution in [0, 0.1) is 5.41 Å². The van der Waals surface area contributed by atoms with E-state index in [1.165, 1.54) is 17.7 Å². The Balaban J connectivity index is 0.00000200. The second-order valence-corrected chi connectivity index (χ2v) is 6.64. The van der Waals surface area contributed by atoms with Crippen molar-refractivity contribution in [2.24, 2.45) is 5.41 Å². The molecular weight excluding hydrogens is 294 g/mol. The molecule has 1 aliphatic carbocycles. The van der Waals surface area contributed by atoms with Crippen molar-refractivity contribution in [3.05, 3.63) is 11.1 Å². The molecule has 0 radical (unpaired) electrons. The van der Waals surface area contributed by atoms with E-state index >= 15 is 0 Å². The van der Waals surface area contributed by atoms with Crippen LogP contribution in [0.1, 0.15) is 38.0 Å². The summed E-state index contributed by atoms with van der Waals surface area (Å²) < 4.78 is 5.66. The number of nitrogens with two attached hydrogens (primary N) is 1. The Bertz CT molecular complexity index is 422. The fourth-order valence-corrected chi connectivity index (χ4v) is 4.35. The molecule has 6 heteroatoms. The van der Waals surface area contributed by atoms with E-state index in [2.05, 4.69) is 30.8 Å². The maximum Gasteiger partial charge on any atom is 0.180 e. The van der Waals surface area contributed by atoms with Gasteiger partial charge in [0.15, 0.2) is 5.13 Å². The molecule has 2 rings (SSSR count). The molecule has 20 heavy (non-hydrogen) atoms. The maximum absolute atomic E-state index is 5.70. The molecule has 0 aromatic carbocycles. The third kappa shape index (κ3) is 2.96. The highest BCUT2D eigenvalue weighted by Crippen LogP contribution is 2.51.